The van der Waals surface area contributed by atoms with Gasteiger partial charge in [0.1, 0.15) is 11.2 Å². The number of rotatable bonds is 11. The van der Waals surface area contributed by atoms with Gasteiger partial charge in [0.05, 0.1) is 17.1 Å². The first-order valence-corrected chi connectivity index (χ1v) is 25.1. The predicted octanol–water partition coefficient (Wildman–Crippen LogP) is 19.6. The van der Waals surface area contributed by atoms with Crippen LogP contribution in [0.2, 0.25) is 0 Å². The first kappa shape index (κ1) is 43.6. The molecule has 1 aliphatic carbocycles. The van der Waals surface area contributed by atoms with Gasteiger partial charge in [0.2, 0.25) is 0 Å². The summed E-state index contributed by atoms with van der Waals surface area (Å²) in [5, 5.41) is 2.23. The highest BCUT2D eigenvalue weighted by Gasteiger charge is 2.35. The maximum Gasteiger partial charge on any atom is 0.143 e. The molecule has 0 aliphatic heterocycles. The molecule has 1 aromatic heterocycles. The SMILES string of the molecule is CC1(C)c2ccccc2-c2ccc(-c3ccc(N(c4ccc(-c5cccc6c5oc5ccccc56)cc4)c4cc(N(c5ccccc5)c5ccccc5)cc(N(c5ccccc5)c5ccccc5)c4)cc3)cc21. The zero-order chi connectivity index (χ0) is 48.9. The molecule has 12 aromatic rings. The van der Waals surface area contributed by atoms with Crippen molar-refractivity contribution in [1.82, 2.24) is 0 Å². The Bertz CT molecular complexity index is 3740. The van der Waals surface area contributed by atoms with E-state index in [2.05, 4.69) is 289 Å². The fourth-order valence-corrected chi connectivity index (χ4v) is 11.1. The van der Waals surface area contributed by atoms with E-state index in [0.29, 0.717) is 0 Å². The Morgan fingerprint density at radius 1 is 0.274 bits per heavy atom. The van der Waals surface area contributed by atoms with Gasteiger partial charge >= 0.3 is 0 Å². The molecule has 1 heterocycles. The summed E-state index contributed by atoms with van der Waals surface area (Å²) >= 11 is 0. The van der Waals surface area contributed by atoms with Crippen LogP contribution in [0.15, 0.2) is 277 Å². The maximum atomic E-state index is 6.55. The molecule has 0 saturated heterocycles. The summed E-state index contributed by atoms with van der Waals surface area (Å²) in [4.78, 5) is 7.10. The second-order valence-electron chi connectivity index (χ2n) is 19.4. The van der Waals surface area contributed by atoms with Crippen LogP contribution in [0, 0.1) is 0 Å². The molecule has 0 fully saturated rings. The topological polar surface area (TPSA) is 22.9 Å². The average Bonchev–Trinajstić information content (AvgIpc) is 3.94. The third kappa shape index (κ3) is 7.81. The number of anilines is 9. The minimum Gasteiger partial charge on any atom is -0.455 e. The molecule has 4 nitrogen and oxygen atoms in total. The van der Waals surface area contributed by atoms with Crippen LogP contribution >= 0.6 is 0 Å². The van der Waals surface area contributed by atoms with Crippen LogP contribution in [0.25, 0.3) is 55.3 Å². The average molecular weight is 938 g/mol. The van der Waals surface area contributed by atoms with Gasteiger partial charge in [-0.25, -0.2) is 0 Å². The molecule has 0 spiro atoms. The Morgan fingerprint density at radius 3 is 1.21 bits per heavy atom. The van der Waals surface area contributed by atoms with Gasteiger partial charge in [0.15, 0.2) is 0 Å². The van der Waals surface area contributed by atoms with Crippen molar-refractivity contribution in [3.63, 3.8) is 0 Å². The molecule has 0 unspecified atom stereocenters. The van der Waals surface area contributed by atoms with Crippen molar-refractivity contribution in [2.75, 3.05) is 14.7 Å². The Hall–Kier alpha value is -9.38. The zero-order valence-electron chi connectivity index (χ0n) is 40.7. The van der Waals surface area contributed by atoms with Gasteiger partial charge < -0.3 is 19.1 Å². The summed E-state index contributed by atoms with van der Waals surface area (Å²) in [5.41, 5.74) is 20.9. The summed E-state index contributed by atoms with van der Waals surface area (Å²) in [6.07, 6.45) is 0. The molecule has 11 aromatic carbocycles. The third-order valence-electron chi connectivity index (χ3n) is 14.6. The Kier molecular flexibility index (Phi) is 10.8. The molecule has 13 rings (SSSR count). The van der Waals surface area contributed by atoms with Gasteiger partial charge in [-0.3, -0.25) is 0 Å². The Morgan fingerprint density at radius 2 is 0.671 bits per heavy atom. The van der Waals surface area contributed by atoms with E-state index in [4.69, 9.17) is 4.42 Å². The highest BCUT2D eigenvalue weighted by Crippen LogP contribution is 2.51. The van der Waals surface area contributed by atoms with Crippen molar-refractivity contribution in [2.45, 2.75) is 19.3 Å². The molecule has 0 radical (unpaired) electrons. The predicted molar refractivity (Wildman–Crippen MR) is 306 cm³/mol. The van der Waals surface area contributed by atoms with Crippen LogP contribution in [0.3, 0.4) is 0 Å². The number of furan rings is 1. The number of fused-ring (bicyclic) bond motifs is 6. The molecule has 1 aliphatic rings. The van der Waals surface area contributed by atoms with Gasteiger partial charge in [-0.15, -0.1) is 0 Å². The van der Waals surface area contributed by atoms with Gasteiger partial charge in [0.25, 0.3) is 0 Å². The number of nitrogens with zero attached hydrogens (tertiary/aromatic N) is 3. The first-order chi connectivity index (χ1) is 36.0. The van der Waals surface area contributed by atoms with Gasteiger partial charge in [0, 0.05) is 55.9 Å². The standard InChI is InChI=1S/C69H51N3O/c1-69(2)65-32-17-15-28-61(65)62-43-38-50(44-66(62)69)48-34-39-55(40-35-48)72(56-41-36-49(37-42-56)60-30-19-31-64-63-29-16-18-33-67(63)73-68(60)64)59-46-57(70(51-20-7-3-8-21-51)52-22-9-4-10-23-52)45-58(47-59)71(53-24-11-5-12-25-53)54-26-13-6-14-27-54/h3-47H,1-2H3. The van der Waals surface area contributed by atoms with Gasteiger partial charge in [-0.1, -0.05) is 184 Å². The highest BCUT2D eigenvalue weighted by atomic mass is 16.3. The molecular weight excluding hydrogens is 887 g/mol. The minimum absolute atomic E-state index is 0.0930. The Balaban J connectivity index is 1.00. The van der Waals surface area contributed by atoms with E-state index >= 15 is 0 Å². The van der Waals surface area contributed by atoms with E-state index in [9.17, 15) is 0 Å². The van der Waals surface area contributed by atoms with Crippen molar-refractivity contribution in [2.24, 2.45) is 0 Å². The van der Waals surface area contributed by atoms with Crippen LogP contribution < -0.4 is 14.7 Å². The van der Waals surface area contributed by atoms with E-state index in [-0.39, 0.29) is 5.41 Å². The first-order valence-electron chi connectivity index (χ1n) is 25.1. The molecular formula is C69H51N3O. The lowest BCUT2D eigenvalue weighted by molar-refractivity contribution is 0.660. The molecule has 0 amide bonds. The monoisotopic (exact) mass is 937 g/mol. The number of benzene rings is 11. The third-order valence-corrected chi connectivity index (χ3v) is 14.6. The van der Waals surface area contributed by atoms with Crippen molar-refractivity contribution in [1.29, 1.82) is 0 Å². The van der Waals surface area contributed by atoms with Gasteiger partial charge in [-0.05, 0) is 142 Å². The normalized spacial score (nSPS) is 12.4. The van der Waals surface area contributed by atoms with E-state index < -0.39 is 0 Å². The van der Waals surface area contributed by atoms with Crippen molar-refractivity contribution in [3.05, 3.63) is 284 Å². The summed E-state index contributed by atoms with van der Waals surface area (Å²) in [6.45, 7) is 4.70. The molecule has 0 saturated carbocycles. The maximum absolute atomic E-state index is 6.55. The minimum atomic E-state index is -0.0930. The quantitative estimate of drug-likeness (QED) is 0.129. The molecule has 0 atom stereocenters. The fraction of sp³-hybridized carbons (Fsp3) is 0.0435. The van der Waals surface area contributed by atoms with Crippen molar-refractivity contribution < 1.29 is 4.42 Å². The number of para-hydroxylation sites is 6. The lowest BCUT2D eigenvalue weighted by Gasteiger charge is -2.33. The van der Waals surface area contributed by atoms with Crippen LogP contribution in [0.5, 0.6) is 0 Å². The van der Waals surface area contributed by atoms with Crippen LogP contribution in [-0.4, -0.2) is 0 Å². The fourth-order valence-electron chi connectivity index (χ4n) is 11.1. The second kappa shape index (κ2) is 18.1. The molecule has 73 heavy (non-hydrogen) atoms. The van der Waals surface area contributed by atoms with E-state index in [1.54, 1.807) is 0 Å². The lowest BCUT2D eigenvalue weighted by atomic mass is 9.81. The Labute approximate surface area is 426 Å². The van der Waals surface area contributed by atoms with E-state index in [1.165, 1.54) is 33.4 Å². The van der Waals surface area contributed by atoms with E-state index in [1.807, 2.05) is 12.1 Å². The summed E-state index contributed by atoms with van der Waals surface area (Å²) in [6, 6.07) is 98.3. The van der Waals surface area contributed by atoms with Crippen LogP contribution in [0.1, 0.15) is 25.0 Å². The summed E-state index contributed by atoms with van der Waals surface area (Å²) < 4.78 is 6.55. The molecule has 348 valence electrons. The van der Waals surface area contributed by atoms with Crippen molar-refractivity contribution >= 4 is 73.1 Å². The van der Waals surface area contributed by atoms with E-state index in [0.717, 1.165) is 84.3 Å². The van der Waals surface area contributed by atoms with Crippen LogP contribution in [0.4, 0.5) is 51.2 Å². The van der Waals surface area contributed by atoms with Gasteiger partial charge in [-0.2, -0.15) is 0 Å². The molecule has 0 bridgehead atoms. The molecule has 0 N–H and O–H groups in total. The smallest absolute Gasteiger partial charge is 0.143 e. The van der Waals surface area contributed by atoms with Crippen molar-refractivity contribution in [3.8, 4) is 33.4 Å². The lowest BCUT2D eigenvalue weighted by Crippen LogP contribution is -2.16. The van der Waals surface area contributed by atoms with Crippen LogP contribution in [-0.2, 0) is 5.41 Å². The second-order valence-corrected chi connectivity index (χ2v) is 19.4. The largest absolute Gasteiger partial charge is 0.455 e. The molecule has 4 heteroatoms. The number of hydrogen-bond donors (Lipinski definition) is 0. The highest BCUT2D eigenvalue weighted by molar-refractivity contribution is 6.09. The number of hydrogen-bond acceptors (Lipinski definition) is 4. The zero-order valence-corrected chi connectivity index (χ0v) is 40.7. The summed E-state index contributed by atoms with van der Waals surface area (Å²) in [7, 11) is 0. The summed E-state index contributed by atoms with van der Waals surface area (Å²) in [5.74, 6) is 0.